The van der Waals surface area contributed by atoms with Gasteiger partial charge in [0.2, 0.25) is 5.91 Å². The molecule has 6 heteroatoms. The predicted octanol–water partition coefficient (Wildman–Crippen LogP) is 1.53. The van der Waals surface area contributed by atoms with E-state index in [1.54, 1.807) is 21.9 Å². The van der Waals surface area contributed by atoms with Crippen molar-refractivity contribution < 1.29 is 9.72 Å². The van der Waals surface area contributed by atoms with Crippen LogP contribution < -0.4 is 4.90 Å². The molecular weight excluding hydrogens is 234 g/mol. The Morgan fingerprint density at radius 3 is 2.72 bits per heavy atom. The van der Waals surface area contributed by atoms with Crippen LogP contribution >= 0.6 is 0 Å². The highest BCUT2D eigenvalue weighted by atomic mass is 16.6. The quantitative estimate of drug-likeness (QED) is 0.602. The fourth-order valence-corrected chi connectivity index (χ4v) is 2.08. The summed E-state index contributed by atoms with van der Waals surface area (Å²) in [5.41, 5.74) is 1.51. The van der Waals surface area contributed by atoms with Crippen LogP contribution in [0.3, 0.4) is 0 Å². The Morgan fingerprint density at radius 2 is 2.17 bits per heavy atom. The van der Waals surface area contributed by atoms with Gasteiger partial charge in [0, 0.05) is 12.6 Å². The highest BCUT2D eigenvalue weighted by molar-refractivity contribution is 5.86. The summed E-state index contributed by atoms with van der Waals surface area (Å²) >= 11 is 0. The summed E-state index contributed by atoms with van der Waals surface area (Å²) in [5.74, 6) is 0.00769. The Hall–Kier alpha value is -2.11. The van der Waals surface area contributed by atoms with Crippen molar-refractivity contribution in [3.05, 3.63) is 33.9 Å². The number of aryl methyl sites for hydroxylation is 1. The minimum absolute atomic E-state index is 0.00769. The van der Waals surface area contributed by atoms with Crippen LogP contribution in [0.2, 0.25) is 0 Å². The van der Waals surface area contributed by atoms with Gasteiger partial charge in [-0.05, 0) is 25.5 Å². The van der Waals surface area contributed by atoms with Crippen LogP contribution in [0.25, 0.3) is 0 Å². The number of nitro groups is 1. The maximum absolute atomic E-state index is 11.7. The van der Waals surface area contributed by atoms with Gasteiger partial charge in [0.05, 0.1) is 18.1 Å². The number of likely N-dealkylation sites (N-methyl/N-ethyl adjacent to an activating group) is 1. The van der Waals surface area contributed by atoms with Crippen molar-refractivity contribution in [1.82, 2.24) is 4.90 Å². The molecule has 18 heavy (non-hydrogen) atoms. The number of benzene rings is 1. The van der Waals surface area contributed by atoms with E-state index in [1.165, 1.54) is 6.07 Å². The minimum atomic E-state index is -0.409. The van der Waals surface area contributed by atoms with Crippen LogP contribution in [0, 0.1) is 17.0 Å². The molecule has 1 aromatic rings. The molecule has 6 nitrogen and oxygen atoms in total. The van der Waals surface area contributed by atoms with Crippen molar-refractivity contribution in [2.75, 3.05) is 24.7 Å². The second-order valence-corrected chi connectivity index (χ2v) is 4.34. The molecule has 0 N–H and O–H groups in total. The lowest BCUT2D eigenvalue weighted by Crippen LogP contribution is -2.27. The van der Waals surface area contributed by atoms with E-state index in [2.05, 4.69) is 0 Å². The monoisotopic (exact) mass is 249 g/mol. The average Bonchev–Trinajstić information content (AvgIpc) is 2.70. The molecule has 1 amide bonds. The first kappa shape index (κ1) is 12.3. The third-order valence-corrected chi connectivity index (χ3v) is 3.07. The lowest BCUT2D eigenvalue weighted by atomic mass is 10.2. The molecule has 1 aromatic carbocycles. The second kappa shape index (κ2) is 4.64. The van der Waals surface area contributed by atoms with E-state index in [-0.39, 0.29) is 18.1 Å². The van der Waals surface area contributed by atoms with Gasteiger partial charge in [0.25, 0.3) is 5.69 Å². The topological polar surface area (TPSA) is 66.7 Å². The zero-order chi connectivity index (χ0) is 13.3. The molecule has 0 spiro atoms. The SMILES string of the molecule is CCN1CN(c2cc(C)ccc2[N+](=O)[O-])CC1=O. The summed E-state index contributed by atoms with van der Waals surface area (Å²) in [5, 5.41) is 11.0. The number of carbonyl (C=O) groups excluding carboxylic acids is 1. The molecule has 0 radical (unpaired) electrons. The average molecular weight is 249 g/mol. The zero-order valence-electron chi connectivity index (χ0n) is 10.4. The smallest absolute Gasteiger partial charge is 0.292 e. The predicted molar refractivity (Wildman–Crippen MR) is 67.4 cm³/mol. The van der Waals surface area contributed by atoms with E-state index in [9.17, 15) is 14.9 Å². The van der Waals surface area contributed by atoms with Crippen LogP contribution in [0.15, 0.2) is 18.2 Å². The molecule has 2 rings (SSSR count). The van der Waals surface area contributed by atoms with Crippen LogP contribution in [-0.4, -0.2) is 35.5 Å². The molecule has 1 aliphatic rings. The zero-order valence-corrected chi connectivity index (χ0v) is 10.4. The Balaban J connectivity index is 2.36. The number of rotatable bonds is 3. The maximum Gasteiger partial charge on any atom is 0.292 e. The molecule has 1 aliphatic heterocycles. The summed E-state index contributed by atoms with van der Waals surface area (Å²) in [6.07, 6.45) is 0. The van der Waals surface area contributed by atoms with E-state index >= 15 is 0 Å². The molecule has 0 unspecified atom stereocenters. The van der Waals surface area contributed by atoms with E-state index in [1.807, 2.05) is 13.8 Å². The van der Waals surface area contributed by atoms with Gasteiger partial charge in [0.1, 0.15) is 5.69 Å². The number of nitrogens with zero attached hydrogens (tertiary/aromatic N) is 3. The molecule has 1 heterocycles. The second-order valence-electron chi connectivity index (χ2n) is 4.34. The number of hydrogen-bond donors (Lipinski definition) is 0. The van der Waals surface area contributed by atoms with Crippen molar-refractivity contribution in [3.63, 3.8) is 0 Å². The van der Waals surface area contributed by atoms with E-state index < -0.39 is 4.92 Å². The largest absolute Gasteiger partial charge is 0.339 e. The summed E-state index contributed by atoms with van der Waals surface area (Å²) in [6.45, 7) is 5.02. The number of nitro benzene ring substituents is 1. The number of hydrogen-bond acceptors (Lipinski definition) is 4. The Labute approximate surface area is 105 Å². The van der Waals surface area contributed by atoms with Gasteiger partial charge < -0.3 is 9.80 Å². The highest BCUT2D eigenvalue weighted by Gasteiger charge is 2.30. The fraction of sp³-hybridized carbons (Fsp3) is 0.417. The highest BCUT2D eigenvalue weighted by Crippen LogP contribution is 2.30. The third kappa shape index (κ3) is 2.13. The first-order valence-electron chi connectivity index (χ1n) is 5.80. The molecule has 0 aliphatic carbocycles. The standard InChI is InChI=1S/C12H15N3O3/c1-3-13-8-14(7-12(13)16)11-6-9(2)4-5-10(11)15(17)18/h4-6H,3,7-8H2,1-2H3. The van der Waals surface area contributed by atoms with Gasteiger partial charge in [0.15, 0.2) is 0 Å². The van der Waals surface area contributed by atoms with Crippen LogP contribution in [0.1, 0.15) is 12.5 Å². The number of amides is 1. The minimum Gasteiger partial charge on any atom is -0.339 e. The summed E-state index contributed by atoms with van der Waals surface area (Å²) < 4.78 is 0. The van der Waals surface area contributed by atoms with Crippen molar-refractivity contribution in [1.29, 1.82) is 0 Å². The lowest BCUT2D eigenvalue weighted by Gasteiger charge is -2.18. The van der Waals surface area contributed by atoms with Crippen molar-refractivity contribution >= 4 is 17.3 Å². The molecule has 1 fully saturated rings. The van der Waals surface area contributed by atoms with Gasteiger partial charge in [-0.3, -0.25) is 14.9 Å². The van der Waals surface area contributed by atoms with Gasteiger partial charge in [-0.1, -0.05) is 6.07 Å². The van der Waals surface area contributed by atoms with Crippen LogP contribution in [-0.2, 0) is 4.79 Å². The van der Waals surface area contributed by atoms with Crippen LogP contribution in [0.4, 0.5) is 11.4 Å². The molecular formula is C12H15N3O3. The van der Waals surface area contributed by atoms with Crippen molar-refractivity contribution in [3.8, 4) is 0 Å². The maximum atomic E-state index is 11.7. The molecule has 0 atom stereocenters. The van der Waals surface area contributed by atoms with E-state index in [4.69, 9.17) is 0 Å². The van der Waals surface area contributed by atoms with Gasteiger partial charge in [-0.2, -0.15) is 0 Å². The fourth-order valence-electron chi connectivity index (χ4n) is 2.08. The first-order chi connectivity index (χ1) is 8.52. The van der Waals surface area contributed by atoms with Crippen molar-refractivity contribution in [2.24, 2.45) is 0 Å². The molecule has 0 bridgehead atoms. The Kier molecular flexibility index (Phi) is 3.18. The van der Waals surface area contributed by atoms with Gasteiger partial charge in [-0.15, -0.1) is 0 Å². The molecule has 0 aromatic heterocycles. The first-order valence-corrected chi connectivity index (χ1v) is 5.80. The van der Waals surface area contributed by atoms with Crippen molar-refractivity contribution in [2.45, 2.75) is 13.8 Å². The summed E-state index contributed by atoms with van der Waals surface area (Å²) in [4.78, 5) is 25.7. The molecule has 1 saturated heterocycles. The Bertz CT molecular complexity index is 501. The normalized spacial score (nSPS) is 15.3. The van der Waals surface area contributed by atoms with Gasteiger partial charge in [-0.25, -0.2) is 0 Å². The number of anilines is 1. The Morgan fingerprint density at radius 1 is 1.44 bits per heavy atom. The van der Waals surface area contributed by atoms with E-state index in [0.29, 0.717) is 18.9 Å². The van der Waals surface area contributed by atoms with Gasteiger partial charge >= 0.3 is 0 Å². The number of carbonyl (C=O) groups is 1. The summed E-state index contributed by atoms with van der Waals surface area (Å²) in [7, 11) is 0. The van der Waals surface area contributed by atoms with E-state index in [0.717, 1.165) is 5.56 Å². The third-order valence-electron chi connectivity index (χ3n) is 3.07. The summed E-state index contributed by atoms with van der Waals surface area (Å²) in [6, 6.07) is 4.95. The lowest BCUT2D eigenvalue weighted by molar-refractivity contribution is -0.384. The van der Waals surface area contributed by atoms with Crippen LogP contribution in [0.5, 0.6) is 0 Å². The molecule has 0 saturated carbocycles. The molecule has 96 valence electrons.